The molecular weight excluding hydrogens is 224 g/mol. The van der Waals surface area contributed by atoms with Crippen LogP contribution in [-0.4, -0.2) is 28.8 Å². The smallest absolute Gasteiger partial charge is 0.205 e. The highest BCUT2D eigenvalue weighted by atomic mass is 32.1. The molecule has 2 aromatic rings. The molecule has 0 aliphatic heterocycles. The first-order valence-corrected chi connectivity index (χ1v) is 5.74. The van der Waals surface area contributed by atoms with E-state index in [9.17, 15) is 0 Å². The topological polar surface area (TPSA) is 59.9 Å². The second-order valence-electron chi connectivity index (χ2n) is 3.00. The van der Waals surface area contributed by atoms with Gasteiger partial charge < -0.3 is 10.1 Å². The van der Waals surface area contributed by atoms with E-state index in [0.29, 0.717) is 6.61 Å². The molecule has 0 saturated carbocycles. The fourth-order valence-electron chi connectivity index (χ4n) is 1.22. The highest BCUT2D eigenvalue weighted by Crippen LogP contribution is 2.27. The van der Waals surface area contributed by atoms with E-state index in [-0.39, 0.29) is 0 Å². The van der Waals surface area contributed by atoms with Crippen LogP contribution in [-0.2, 0) is 0 Å². The summed E-state index contributed by atoms with van der Waals surface area (Å²) in [6.07, 6.45) is 3.44. The Labute approximate surface area is 97.5 Å². The lowest BCUT2D eigenvalue weighted by Crippen LogP contribution is -1.92. The van der Waals surface area contributed by atoms with Gasteiger partial charge in [0.15, 0.2) is 5.01 Å². The molecule has 16 heavy (non-hydrogen) atoms. The number of nitrogens with one attached hydrogen (secondary N) is 1. The molecule has 0 radical (unpaired) electrons. The minimum Gasteiger partial charge on any atom is -0.492 e. The van der Waals surface area contributed by atoms with Crippen molar-refractivity contribution < 1.29 is 4.74 Å². The average molecular weight is 236 g/mol. The van der Waals surface area contributed by atoms with Crippen LogP contribution in [0.25, 0.3) is 10.6 Å². The molecule has 0 unspecified atom stereocenters. The van der Waals surface area contributed by atoms with Gasteiger partial charge >= 0.3 is 0 Å². The van der Waals surface area contributed by atoms with Gasteiger partial charge in [-0.25, -0.2) is 0 Å². The third-order valence-electron chi connectivity index (χ3n) is 1.91. The maximum absolute atomic E-state index is 5.38. The fourth-order valence-corrected chi connectivity index (χ4v) is 1.90. The Hall–Kier alpha value is -1.69. The van der Waals surface area contributed by atoms with E-state index in [1.54, 1.807) is 12.4 Å². The normalized spacial score (nSPS) is 10.1. The highest BCUT2D eigenvalue weighted by molar-refractivity contribution is 7.18. The quantitative estimate of drug-likeness (QED) is 0.880. The molecule has 5 nitrogen and oxygen atoms in total. The van der Waals surface area contributed by atoms with Crippen molar-refractivity contribution >= 4 is 16.5 Å². The molecule has 0 aromatic carbocycles. The van der Waals surface area contributed by atoms with Crippen molar-refractivity contribution in [1.82, 2.24) is 15.2 Å². The van der Waals surface area contributed by atoms with Crippen LogP contribution in [0.3, 0.4) is 0 Å². The van der Waals surface area contributed by atoms with Crippen LogP contribution in [0.4, 0.5) is 5.13 Å². The van der Waals surface area contributed by atoms with Gasteiger partial charge in [-0.3, -0.25) is 4.98 Å². The molecule has 0 saturated heterocycles. The van der Waals surface area contributed by atoms with Crippen molar-refractivity contribution in [3.05, 3.63) is 18.5 Å². The number of hydrogen-bond acceptors (Lipinski definition) is 6. The van der Waals surface area contributed by atoms with E-state index in [0.717, 1.165) is 21.5 Å². The Morgan fingerprint density at radius 3 is 2.94 bits per heavy atom. The van der Waals surface area contributed by atoms with Crippen LogP contribution in [0.5, 0.6) is 5.75 Å². The Kier molecular flexibility index (Phi) is 3.31. The summed E-state index contributed by atoms with van der Waals surface area (Å²) in [4.78, 5) is 4.11. The van der Waals surface area contributed by atoms with Crippen LogP contribution in [0, 0.1) is 0 Å². The van der Waals surface area contributed by atoms with Gasteiger partial charge in [-0.2, -0.15) is 0 Å². The van der Waals surface area contributed by atoms with Gasteiger partial charge in [0, 0.05) is 18.8 Å². The van der Waals surface area contributed by atoms with E-state index in [1.165, 1.54) is 11.3 Å². The number of anilines is 1. The Morgan fingerprint density at radius 2 is 2.25 bits per heavy atom. The zero-order valence-electron chi connectivity index (χ0n) is 9.10. The van der Waals surface area contributed by atoms with Crippen molar-refractivity contribution in [2.45, 2.75) is 6.92 Å². The maximum atomic E-state index is 5.38. The van der Waals surface area contributed by atoms with E-state index < -0.39 is 0 Å². The number of rotatable bonds is 4. The summed E-state index contributed by atoms with van der Waals surface area (Å²) in [6, 6.07) is 1.91. The summed E-state index contributed by atoms with van der Waals surface area (Å²) >= 11 is 1.48. The molecule has 1 N–H and O–H groups in total. The molecule has 0 bridgehead atoms. The fraction of sp³-hybridized carbons (Fsp3) is 0.300. The second-order valence-corrected chi connectivity index (χ2v) is 3.98. The molecular formula is C10H12N4OS. The first kappa shape index (κ1) is 10.8. The van der Waals surface area contributed by atoms with Crippen molar-refractivity contribution in [3.8, 4) is 16.3 Å². The lowest BCUT2D eigenvalue weighted by atomic mass is 10.3. The number of hydrogen-bond donors (Lipinski definition) is 1. The summed E-state index contributed by atoms with van der Waals surface area (Å²) in [6.45, 7) is 2.57. The number of aromatic nitrogens is 3. The summed E-state index contributed by atoms with van der Waals surface area (Å²) < 4.78 is 5.38. The molecule has 2 aromatic heterocycles. The molecule has 0 amide bonds. The SMILES string of the molecule is CCOc1cncc(-c2nnc(NC)s2)c1. The monoisotopic (exact) mass is 236 g/mol. The van der Waals surface area contributed by atoms with Crippen LogP contribution >= 0.6 is 11.3 Å². The standard InChI is InChI=1S/C10H12N4OS/c1-3-15-8-4-7(5-12-6-8)9-13-14-10(11-2)16-9/h4-6H,3H2,1-2H3,(H,11,14). The lowest BCUT2D eigenvalue weighted by Gasteiger charge is -2.02. The van der Waals surface area contributed by atoms with Crippen LogP contribution in [0.2, 0.25) is 0 Å². The first-order chi connectivity index (χ1) is 7.83. The average Bonchev–Trinajstić information content (AvgIpc) is 2.78. The second kappa shape index (κ2) is 4.89. The Morgan fingerprint density at radius 1 is 1.38 bits per heavy atom. The van der Waals surface area contributed by atoms with Crippen molar-refractivity contribution in [2.24, 2.45) is 0 Å². The van der Waals surface area contributed by atoms with E-state index >= 15 is 0 Å². The third kappa shape index (κ3) is 2.27. The number of nitrogens with zero attached hydrogens (tertiary/aromatic N) is 3. The minimum absolute atomic E-state index is 0.628. The predicted octanol–water partition coefficient (Wildman–Crippen LogP) is 2.04. The van der Waals surface area contributed by atoms with Gasteiger partial charge in [0.05, 0.1) is 12.8 Å². The minimum atomic E-state index is 0.628. The van der Waals surface area contributed by atoms with Gasteiger partial charge in [0.25, 0.3) is 0 Å². The molecule has 0 fully saturated rings. The molecule has 0 spiro atoms. The molecule has 0 aliphatic carbocycles. The van der Waals surface area contributed by atoms with Gasteiger partial charge in [-0.15, -0.1) is 10.2 Å². The van der Waals surface area contributed by atoms with Crippen molar-refractivity contribution in [1.29, 1.82) is 0 Å². The summed E-state index contributed by atoms with van der Waals surface area (Å²) in [5, 5.41) is 12.6. The molecule has 6 heteroatoms. The third-order valence-corrected chi connectivity index (χ3v) is 2.90. The summed E-state index contributed by atoms with van der Waals surface area (Å²) in [7, 11) is 1.82. The zero-order valence-corrected chi connectivity index (χ0v) is 9.91. The van der Waals surface area contributed by atoms with Gasteiger partial charge in [0.2, 0.25) is 5.13 Å². The summed E-state index contributed by atoms with van der Waals surface area (Å²) in [5.74, 6) is 0.751. The predicted molar refractivity (Wildman–Crippen MR) is 63.9 cm³/mol. The van der Waals surface area contributed by atoms with E-state index in [4.69, 9.17) is 4.74 Å². The largest absolute Gasteiger partial charge is 0.492 e. The van der Waals surface area contributed by atoms with Gasteiger partial charge in [-0.1, -0.05) is 11.3 Å². The Bertz CT molecular complexity index is 471. The van der Waals surface area contributed by atoms with Crippen molar-refractivity contribution in [3.63, 3.8) is 0 Å². The molecule has 84 valence electrons. The molecule has 0 atom stereocenters. The van der Waals surface area contributed by atoms with Crippen LogP contribution < -0.4 is 10.1 Å². The molecule has 2 rings (SSSR count). The zero-order chi connectivity index (χ0) is 11.4. The van der Waals surface area contributed by atoms with Gasteiger partial charge in [-0.05, 0) is 13.0 Å². The maximum Gasteiger partial charge on any atom is 0.205 e. The Balaban J connectivity index is 2.28. The summed E-state index contributed by atoms with van der Waals surface area (Å²) in [5.41, 5.74) is 0.921. The van der Waals surface area contributed by atoms with Gasteiger partial charge in [0.1, 0.15) is 5.75 Å². The lowest BCUT2D eigenvalue weighted by molar-refractivity contribution is 0.339. The molecule has 0 aliphatic rings. The van der Waals surface area contributed by atoms with Crippen LogP contribution in [0.15, 0.2) is 18.5 Å². The number of ether oxygens (including phenoxy) is 1. The van der Waals surface area contributed by atoms with E-state index in [2.05, 4.69) is 20.5 Å². The highest BCUT2D eigenvalue weighted by Gasteiger charge is 2.06. The number of pyridine rings is 1. The molecule has 2 heterocycles. The van der Waals surface area contributed by atoms with E-state index in [1.807, 2.05) is 20.0 Å². The van der Waals surface area contributed by atoms with Crippen LogP contribution in [0.1, 0.15) is 6.92 Å². The van der Waals surface area contributed by atoms with Crippen molar-refractivity contribution in [2.75, 3.05) is 19.0 Å². The first-order valence-electron chi connectivity index (χ1n) is 4.93.